The van der Waals surface area contributed by atoms with Gasteiger partial charge in [0.05, 0.1) is 17.9 Å². The van der Waals surface area contributed by atoms with Crippen molar-refractivity contribution >= 4 is 12.1 Å². The summed E-state index contributed by atoms with van der Waals surface area (Å²) in [5, 5.41) is 14.2. The van der Waals surface area contributed by atoms with Gasteiger partial charge in [-0.25, -0.2) is 14.3 Å². The molecular weight excluding hydrogens is 454 g/mol. The average Bonchev–Trinajstić information content (AvgIpc) is 3.44. The molecule has 1 N–H and O–H groups in total. The van der Waals surface area contributed by atoms with E-state index in [-0.39, 0.29) is 24.8 Å². The summed E-state index contributed by atoms with van der Waals surface area (Å²) in [6, 6.07) is 24.2. The first-order valence-electron chi connectivity index (χ1n) is 12.0. The van der Waals surface area contributed by atoms with Gasteiger partial charge in [-0.1, -0.05) is 66.2 Å². The standard InChI is InChI=1S/C29H25N3O4/c1-18-10-12-19(13-11-18)32-26-14-15-31(16-24(26)27(30-32)28(33)34)29(35)36-17-25-22-8-4-2-6-20(22)21-7-3-5-9-23(21)25/h2-13,25H,14-17H2,1H3,(H,33,34). The Morgan fingerprint density at radius 3 is 2.25 bits per heavy atom. The fourth-order valence-electron chi connectivity index (χ4n) is 5.33. The number of carbonyl (C=O) groups is 2. The lowest BCUT2D eigenvalue weighted by Gasteiger charge is -2.27. The highest BCUT2D eigenvalue weighted by Crippen LogP contribution is 2.44. The number of carboxylic acids is 1. The molecule has 0 atom stereocenters. The molecule has 36 heavy (non-hydrogen) atoms. The van der Waals surface area contributed by atoms with E-state index >= 15 is 0 Å². The summed E-state index contributed by atoms with van der Waals surface area (Å²) in [7, 11) is 0. The van der Waals surface area contributed by atoms with Crippen LogP contribution in [0.3, 0.4) is 0 Å². The Balaban J connectivity index is 1.22. The molecular formula is C29H25N3O4. The number of nitrogens with zero attached hydrogens (tertiary/aromatic N) is 3. The molecule has 0 bridgehead atoms. The van der Waals surface area contributed by atoms with Gasteiger partial charge in [0.1, 0.15) is 6.61 Å². The fraction of sp³-hybridized carbons (Fsp3) is 0.207. The molecule has 1 aliphatic heterocycles. The van der Waals surface area contributed by atoms with Gasteiger partial charge in [0.25, 0.3) is 0 Å². The number of aromatic carboxylic acids is 1. The van der Waals surface area contributed by atoms with Crippen LogP contribution in [0.4, 0.5) is 4.79 Å². The number of ether oxygens (including phenoxy) is 1. The number of hydrogen-bond acceptors (Lipinski definition) is 4. The molecule has 1 aromatic heterocycles. The number of carboxylic acid groups (broad SMARTS) is 1. The van der Waals surface area contributed by atoms with Crippen molar-refractivity contribution in [3.63, 3.8) is 0 Å². The second-order valence-electron chi connectivity index (χ2n) is 9.30. The highest BCUT2D eigenvalue weighted by atomic mass is 16.6. The number of aromatic nitrogens is 2. The molecule has 0 saturated heterocycles. The topological polar surface area (TPSA) is 84.7 Å². The van der Waals surface area contributed by atoms with Gasteiger partial charge in [-0.2, -0.15) is 5.10 Å². The average molecular weight is 480 g/mol. The Morgan fingerprint density at radius 1 is 0.972 bits per heavy atom. The molecule has 0 saturated carbocycles. The van der Waals surface area contributed by atoms with Crippen molar-refractivity contribution in [3.05, 3.63) is 106 Å². The van der Waals surface area contributed by atoms with Crippen molar-refractivity contribution in [2.24, 2.45) is 0 Å². The predicted molar refractivity (Wildman–Crippen MR) is 134 cm³/mol. The number of carbonyl (C=O) groups excluding carboxylic acids is 1. The third kappa shape index (κ3) is 3.64. The number of amides is 1. The third-order valence-corrected chi connectivity index (χ3v) is 7.13. The number of rotatable bonds is 4. The van der Waals surface area contributed by atoms with Crippen LogP contribution in [0.1, 0.15) is 44.4 Å². The van der Waals surface area contributed by atoms with Crippen LogP contribution in [-0.4, -0.2) is 45.0 Å². The van der Waals surface area contributed by atoms with E-state index in [1.165, 1.54) is 11.1 Å². The monoisotopic (exact) mass is 479 g/mol. The molecule has 0 unspecified atom stereocenters. The van der Waals surface area contributed by atoms with Crippen molar-refractivity contribution in [2.45, 2.75) is 25.8 Å². The van der Waals surface area contributed by atoms with Crippen LogP contribution in [-0.2, 0) is 17.7 Å². The van der Waals surface area contributed by atoms with E-state index in [4.69, 9.17) is 4.74 Å². The van der Waals surface area contributed by atoms with E-state index in [0.29, 0.717) is 18.5 Å². The first-order valence-corrected chi connectivity index (χ1v) is 12.0. The molecule has 4 aromatic rings. The van der Waals surface area contributed by atoms with Gasteiger partial charge in [0.15, 0.2) is 5.69 Å². The predicted octanol–water partition coefficient (Wildman–Crippen LogP) is 5.19. The van der Waals surface area contributed by atoms with Crippen molar-refractivity contribution in [2.75, 3.05) is 13.2 Å². The third-order valence-electron chi connectivity index (χ3n) is 7.13. The maximum Gasteiger partial charge on any atom is 0.410 e. The summed E-state index contributed by atoms with van der Waals surface area (Å²) < 4.78 is 7.50. The molecule has 0 radical (unpaired) electrons. The minimum Gasteiger partial charge on any atom is -0.476 e. The van der Waals surface area contributed by atoms with Gasteiger partial charge in [-0.15, -0.1) is 0 Å². The van der Waals surface area contributed by atoms with Gasteiger partial charge in [-0.3, -0.25) is 0 Å². The van der Waals surface area contributed by atoms with Gasteiger partial charge in [0.2, 0.25) is 0 Å². The molecule has 1 aliphatic carbocycles. The lowest BCUT2D eigenvalue weighted by Crippen LogP contribution is -2.37. The largest absolute Gasteiger partial charge is 0.476 e. The van der Waals surface area contributed by atoms with E-state index in [0.717, 1.165) is 28.1 Å². The Hall–Kier alpha value is -4.39. The van der Waals surface area contributed by atoms with E-state index in [2.05, 4.69) is 29.4 Å². The molecule has 0 fully saturated rings. The Labute approximate surface area is 208 Å². The zero-order valence-electron chi connectivity index (χ0n) is 19.8. The maximum atomic E-state index is 13.1. The summed E-state index contributed by atoms with van der Waals surface area (Å²) in [6.07, 6.45) is 0.0511. The summed E-state index contributed by atoms with van der Waals surface area (Å²) in [6.45, 7) is 2.81. The molecule has 7 heteroatoms. The molecule has 0 spiro atoms. The summed E-state index contributed by atoms with van der Waals surface area (Å²) in [5.74, 6) is -1.13. The van der Waals surface area contributed by atoms with Crippen LogP contribution in [0, 0.1) is 6.92 Å². The van der Waals surface area contributed by atoms with Crippen LogP contribution >= 0.6 is 0 Å². The second-order valence-corrected chi connectivity index (χ2v) is 9.30. The quantitative estimate of drug-likeness (QED) is 0.436. The maximum absolute atomic E-state index is 13.1. The van der Waals surface area contributed by atoms with E-state index in [1.54, 1.807) is 9.58 Å². The Kier molecular flexibility index (Phi) is 5.33. The molecule has 7 nitrogen and oxygen atoms in total. The van der Waals surface area contributed by atoms with Crippen molar-refractivity contribution in [3.8, 4) is 16.8 Å². The van der Waals surface area contributed by atoms with Crippen molar-refractivity contribution in [1.29, 1.82) is 0 Å². The number of aryl methyl sites for hydroxylation is 1. The van der Waals surface area contributed by atoms with Gasteiger partial charge < -0.3 is 14.7 Å². The number of fused-ring (bicyclic) bond motifs is 4. The summed E-state index contributed by atoms with van der Waals surface area (Å²) >= 11 is 0. The second kappa shape index (κ2) is 8.68. The van der Waals surface area contributed by atoms with Gasteiger partial charge in [-0.05, 0) is 41.3 Å². The van der Waals surface area contributed by atoms with Crippen LogP contribution < -0.4 is 0 Å². The van der Waals surface area contributed by atoms with Crippen molar-refractivity contribution in [1.82, 2.24) is 14.7 Å². The summed E-state index contributed by atoms with van der Waals surface area (Å²) in [5.41, 5.74) is 7.92. The molecule has 1 amide bonds. The molecule has 3 aromatic carbocycles. The van der Waals surface area contributed by atoms with E-state index in [9.17, 15) is 14.7 Å². The van der Waals surface area contributed by atoms with E-state index < -0.39 is 12.1 Å². The molecule has 180 valence electrons. The zero-order chi connectivity index (χ0) is 24.8. The lowest BCUT2D eigenvalue weighted by molar-refractivity contribution is 0.0683. The zero-order valence-corrected chi connectivity index (χ0v) is 19.8. The highest BCUT2D eigenvalue weighted by molar-refractivity contribution is 5.88. The summed E-state index contributed by atoms with van der Waals surface area (Å²) in [4.78, 5) is 26.7. The normalized spacial score (nSPS) is 14.2. The number of benzene rings is 3. The fourth-order valence-corrected chi connectivity index (χ4v) is 5.33. The first kappa shape index (κ1) is 22.1. The Bertz CT molecular complexity index is 1440. The molecule has 6 rings (SSSR count). The smallest absolute Gasteiger partial charge is 0.410 e. The minimum atomic E-state index is -1.11. The molecule has 2 aliphatic rings. The first-order chi connectivity index (χ1) is 17.5. The van der Waals surface area contributed by atoms with Gasteiger partial charge >= 0.3 is 12.1 Å². The SMILES string of the molecule is Cc1ccc(-n2nc(C(=O)O)c3c2CCN(C(=O)OCC2c4ccccc4-c4ccccc42)C3)cc1. The van der Waals surface area contributed by atoms with E-state index in [1.807, 2.05) is 55.5 Å². The van der Waals surface area contributed by atoms with Crippen LogP contribution in [0.2, 0.25) is 0 Å². The van der Waals surface area contributed by atoms with Crippen LogP contribution in [0.25, 0.3) is 16.8 Å². The minimum absolute atomic E-state index is 0.0262. The van der Waals surface area contributed by atoms with Crippen molar-refractivity contribution < 1.29 is 19.4 Å². The molecule has 2 heterocycles. The lowest BCUT2D eigenvalue weighted by atomic mass is 9.98. The number of hydrogen-bond donors (Lipinski definition) is 1. The van der Waals surface area contributed by atoms with Crippen LogP contribution in [0.5, 0.6) is 0 Å². The van der Waals surface area contributed by atoms with Crippen LogP contribution in [0.15, 0.2) is 72.8 Å². The Morgan fingerprint density at radius 2 is 1.61 bits per heavy atom. The highest BCUT2D eigenvalue weighted by Gasteiger charge is 2.33. The van der Waals surface area contributed by atoms with Gasteiger partial charge in [0, 0.05) is 24.4 Å².